The number of fused-ring (bicyclic) bond motifs is 1. The summed E-state index contributed by atoms with van der Waals surface area (Å²) in [5.74, 6) is 0.657. The molecule has 0 atom stereocenters. The zero-order valence-electron chi connectivity index (χ0n) is 16.9. The minimum absolute atomic E-state index is 0.0297. The molecule has 0 saturated carbocycles. The van der Waals surface area contributed by atoms with Gasteiger partial charge in [0, 0.05) is 10.5 Å². The number of nitrogens with zero attached hydrogens (tertiary/aromatic N) is 1. The van der Waals surface area contributed by atoms with Crippen molar-refractivity contribution in [2.75, 3.05) is 11.2 Å². The van der Waals surface area contributed by atoms with Crippen molar-refractivity contribution in [3.8, 4) is 5.75 Å². The fraction of sp³-hybridized carbons (Fsp3) is 0.167. The molecular weight excluding hydrogens is 430 g/mol. The second-order valence-corrected chi connectivity index (χ2v) is 9.64. The van der Waals surface area contributed by atoms with Crippen LogP contribution in [0.3, 0.4) is 0 Å². The standard InChI is InChI=1S/C24H21NO2S3/c1-15(2)27-21-12-11-16-7-4-5-10-19(16)20(21)14-22-23(26)25(24(28)30-22)17-8-6-9-18(13-17)29-3/h4-15H,1-3H3/b22-14+. The Morgan fingerprint density at radius 3 is 2.67 bits per heavy atom. The monoisotopic (exact) mass is 451 g/mol. The number of rotatable bonds is 5. The van der Waals surface area contributed by atoms with Crippen molar-refractivity contribution in [3.05, 3.63) is 71.1 Å². The summed E-state index contributed by atoms with van der Waals surface area (Å²) in [5.41, 5.74) is 1.70. The Balaban J connectivity index is 1.79. The molecule has 0 radical (unpaired) electrons. The Labute approximate surface area is 190 Å². The molecule has 1 heterocycles. The highest BCUT2D eigenvalue weighted by molar-refractivity contribution is 8.27. The Morgan fingerprint density at radius 2 is 1.90 bits per heavy atom. The van der Waals surface area contributed by atoms with Crippen molar-refractivity contribution in [2.45, 2.75) is 24.8 Å². The first-order valence-corrected chi connectivity index (χ1v) is 12.0. The van der Waals surface area contributed by atoms with Crippen molar-refractivity contribution in [1.82, 2.24) is 0 Å². The lowest BCUT2D eigenvalue weighted by atomic mass is 10.0. The molecule has 1 saturated heterocycles. The number of hydrogen-bond acceptors (Lipinski definition) is 5. The summed E-state index contributed by atoms with van der Waals surface area (Å²) in [6.45, 7) is 3.99. The van der Waals surface area contributed by atoms with Gasteiger partial charge in [-0.1, -0.05) is 60.4 Å². The normalized spacial score (nSPS) is 15.6. The molecule has 1 aliphatic heterocycles. The second kappa shape index (κ2) is 8.84. The molecule has 6 heteroatoms. The van der Waals surface area contributed by atoms with Crippen LogP contribution in [0.5, 0.6) is 5.75 Å². The highest BCUT2D eigenvalue weighted by Crippen LogP contribution is 2.39. The first kappa shape index (κ1) is 21.0. The minimum atomic E-state index is -0.105. The van der Waals surface area contributed by atoms with Crippen molar-refractivity contribution in [2.24, 2.45) is 0 Å². The summed E-state index contributed by atoms with van der Waals surface area (Å²) in [7, 11) is 0. The van der Waals surface area contributed by atoms with Crippen LogP contribution in [0.15, 0.2) is 70.5 Å². The predicted octanol–water partition coefficient (Wildman–Crippen LogP) is 6.75. The fourth-order valence-corrected chi connectivity index (χ4v) is 5.09. The van der Waals surface area contributed by atoms with Gasteiger partial charge in [-0.15, -0.1) is 11.8 Å². The molecule has 0 bridgehead atoms. The summed E-state index contributed by atoms with van der Waals surface area (Å²) < 4.78 is 6.59. The van der Waals surface area contributed by atoms with Gasteiger partial charge in [-0.2, -0.15) is 0 Å². The van der Waals surface area contributed by atoms with Crippen molar-refractivity contribution < 1.29 is 9.53 Å². The third kappa shape index (κ3) is 4.13. The molecule has 0 aromatic heterocycles. The van der Waals surface area contributed by atoms with Crippen LogP contribution in [0.2, 0.25) is 0 Å². The molecule has 3 aromatic carbocycles. The first-order valence-electron chi connectivity index (χ1n) is 9.58. The van der Waals surface area contributed by atoms with E-state index in [-0.39, 0.29) is 12.0 Å². The molecule has 0 N–H and O–H groups in total. The van der Waals surface area contributed by atoms with Crippen molar-refractivity contribution in [1.29, 1.82) is 0 Å². The lowest BCUT2D eigenvalue weighted by Gasteiger charge is -2.16. The van der Waals surface area contributed by atoms with Gasteiger partial charge in [-0.25, -0.2) is 0 Å². The minimum Gasteiger partial charge on any atom is -0.490 e. The number of amides is 1. The SMILES string of the molecule is CSc1cccc(N2C(=O)/C(=C\c3c(OC(C)C)ccc4ccccc34)SC2=S)c1. The summed E-state index contributed by atoms with van der Waals surface area (Å²) in [6.07, 6.45) is 3.96. The molecule has 0 aliphatic carbocycles. The highest BCUT2D eigenvalue weighted by Gasteiger charge is 2.33. The van der Waals surface area contributed by atoms with Gasteiger partial charge in [0.1, 0.15) is 5.75 Å². The lowest BCUT2D eigenvalue weighted by molar-refractivity contribution is -0.113. The third-order valence-electron chi connectivity index (χ3n) is 4.67. The van der Waals surface area contributed by atoms with E-state index in [1.807, 2.05) is 74.7 Å². The molecule has 4 rings (SSSR count). The quantitative estimate of drug-likeness (QED) is 0.243. The van der Waals surface area contributed by atoms with Crippen LogP contribution in [-0.4, -0.2) is 22.6 Å². The maximum absolute atomic E-state index is 13.3. The summed E-state index contributed by atoms with van der Waals surface area (Å²) in [4.78, 5) is 16.6. The van der Waals surface area contributed by atoms with Crippen LogP contribution in [0.1, 0.15) is 19.4 Å². The number of thioether (sulfide) groups is 2. The van der Waals surface area contributed by atoms with E-state index in [4.69, 9.17) is 17.0 Å². The van der Waals surface area contributed by atoms with E-state index in [0.717, 1.165) is 32.7 Å². The van der Waals surface area contributed by atoms with Crippen LogP contribution in [-0.2, 0) is 4.79 Å². The zero-order chi connectivity index (χ0) is 21.3. The number of carbonyl (C=O) groups is 1. The van der Waals surface area contributed by atoms with Crippen LogP contribution in [0.25, 0.3) is 16.8 Å². The van der Waals surface area contributed by atoms with Crippen molar-refractivity contribution in [3.63, 3.8) is 0 Å². The van der Waals surface area contributed by atoms with Crippen LogP contribution >= 0.6 is 35.7 Å². The Morgan fingerprint density at radius 1 is 1.10 bits per heavy atom. The molecule has 1 fully saturated rings. The second-order valence-electron chi connectivity index (χ2n) is 7.08. The Bertz CT molecular complexity index is 1170. The fourth-order valence-electron chi connectivity index (χ4n) is 3.35. The van der Waals surface area contributed by atoms with Gasteiger partial charge in [0.05, 0.1) is 16.7 Å². The molecule has 3 nitrogen and oxygen atoms in total. The largest absolute Gasteiger partial charge is 0.490 e. The number of ether oxygens (including phenoxy) is 1. The van der Waals surface area contributed by atoms with Gasteiger partial charge in [-0.05, 0) is 61.2 Å². The smallest absolute Gasteiger partial charge is 0.270 e. The van der Waals surface area contributed by atoms with E-state index in [2.05, 4.69) is 12.1 Å². The van der Waals surface area contributed by atoms with Gasteiger partial charge < -0.3 is 4.74 Å². The predicted molar refractivity (Wildman–Crippen MR) is 134 cm³/mol. The molecule has 152 valence electrons. The highest BCUT2D eigenvalue weighted by atomic mass is 32.2. The van der Waals surface area contributed by atoms with E-state index < -0.39 is 0 Å². The maximum atomic E-state index is 13.3. The summed E-state index contributed by atoms with van der Waals surface area (Å²) in [5, 5.41) is 2.15. The van der Waals surface area contributed by atoms with Gasteiger partial charge >= 0.3 is 0 Å². The number of thiocarbonyl (C=S) groups is 1. The van der Waals surface area contributed by atoms with E-state index in [0.29, 0.717) is 9.23 Å². The maximum Gasteiger partial charge on any atom is 0.270 e. The molecule has 0 unspecified atom stereocenters. The third-order valence-corrected chi connectivity index (χ3v) is 6.70. The molecule has 30 heavy (non-hydrogen) atoms. The number of benzene rings is 3. The molecule has 1 amide bonds. The van der Waals surface area contributed by atoms with Gasteiger partial charge in [0.2, 0.25) is 0 Å². The van der Waals surface area contributed by atoms with E-state index in [1.54, 1.807) is 16.7 Å². The average Bonchev–Trinajstić information content (AvgIpc) is 3.02. The summed E-state index contributed by atoms with van der Waals surface area (Å²) >= 11 is 8.53. The molecule has 3 aromatic rings. The lowest BCUT2D eigenvalue weighted by Crippen LogP contribution is -2.27. The summed E-state index contributed by atoms with van der Waals surface area (Å²) in [6, 6.07) is 20.0. The first-order chi connectivity index (χ1) is 14.5. The van der Waals surface area contributed by atoms with E-state index in [1.165, 1.54) is 11.8 Å². The van der Waals surface area contributed by atoms with Crippen LogP contribution < -0.4 is 9.64 Å². The van der Waals surface area contributed by atoms with Crippen LogP contribution in [0.4, 0.5) is 5.69 Å². The number of hydrogen-bond donors (Lipinski definition) is 0. The number of anilines is 1. The average molecular weight is 452 g/mol. The van der Waals surface area contributed by atoms with E-state index in [9.17, 15) is 4.79 Å². The van der Waals surface area contributed by atoms with Crippen LogP contribution in [0, 0.1) is 0 Å². The zero-order valence-corrected chi connectivity index (χ0v) is 19.4. The van der Waals surface area contributed by atoms with Gasteiger partial charge in [0.25, 0.3) is 5.91 Å². The Kier molecular flexibility index (Phi) is 6.18. The van der Waals surface area contributed by atoms with E-state index >= 15 is 0 Å². The van der Waals surface area contributed by atoms with Crippen molar-refractivity contribution >= 4 is 68.5 Å². The van der Waals surface area contributed by atoms with Gasteiger partial charge in [0.15, 0.2) is 4.32 Å². The van der Waals surface area contributed by atoms with Gasteiger partial charge in [-0.3, -0.25) is 9.69 Å². The Hall–Kier alpha value is -2.28. The molecule has 0 spiro atoms. The molecule has 1 aliphatic rings. The molecular formula is C24H21NO2S3. The topological polar surface area (TPSA) is 29.5 Å². The number of carbonyl (C=O) groups excluding carboxylic acids is 1.